The number of halogens is 1. The van der Waals surface area contributed by atoms with Gasteiger partial charge in [-0.1, -0.05) is 47.5 Å². The van der Waals surface area contributed by atoms with Gasteiger partial charge in [-0.3, -0.25) is 4.79 Å². The SMILES string of the molecule is Cc1ccc(C(=O)N/N=C\c2ccc(OCc3ccccc3Cl)cc2)cc1. The first-order chi connectivity index (χ1) is 13.1. The highest BCUT2D eigenvalue weighted by Crippen LogP contribution is 2.18. The van der Waals surface area contributed by atoms with Gasteiger partial charge < -0.3 is 4.74 Å². The minimum Gasteiger partial charge on any atom is -0.489 e. The van der Waals surface area contributed by atoms with Crippen LogP contribution in [0.2, 0.25) is 5.02 Å². The molecule has 136 valence electrons. The van der Waals surface area contributed by atoms with Crippen molar-refractivity contribution in [2.45, 2.75) is 13.5 Å². The maximum Gasteiger partial charge on any atom is 0.271 e. The van der Waals surface area contributed by atoms with E-state index in [0.717, 1.165) is 22.4 Å². The van der Waals surface area contributed by atoms with E-state index in [4.69, 9.17) is 16.3 Å². The lowest BCUT2D eigenvalue weighted by atomic mass is 10.1. The maximum absolute atomic E-state index is 12.0. The summed E-state index contributed by atoms with van der Waals surface area (Å²) < 4.78 is 5.74. The molecule has 0 unspecified atom stereocenters. The third-order valence-electron chi connectivity index (χ3n) is 3.93. The average molecular weight is 379 g/mol. The minimum atomic E-state index is -0.244. The average Bonchev–Trinajstić information content (AvgIpc) is 2.69. The van der Waals surface area contributed by atoms with Crippen LogP contribution in [0.3, 0.4) is 0 Å². The number of hydrazone groups is 1. The maximum atomic E-state index is 12.0. The fourth-order valence-electron chi connectivity index (χ4n) is 2.36. The molecule has 0 aliphatic rings. The zero-order valence-corrected chi connectivity index (χ0v) is 15.6. The smallest absolute Gasteiger partial charge is 0.271 e. The predicted molar refractivity (Wildman–Crippen MR) is 108 cm³/mol. The molecule has 0 heterocycles. The highest BCUT2D eigenvalue weighted by atomic mass is 35.5. The Morgan fingerprint density at radius 3 is 2.44 bits per heavy atom. The Morgan fingerprint density at radius 2 is 1.74 bits per heavy atom. The summed E-state index contributed by atoms with van der Waals surface area (Å²) in [4.78, 5) is 12.0. The van der Waals surface area contributed by atoms with Gasteiger partial charge in [0.25, 0.3) is 5.91 Å². The van der Waals surface area contributed by atoms with Crippen LogP contribution >= 0.6 is 11.6 Å². The Balaban J connectivity index is 1.52. The second kappa shape index (κ2) is 9.01. The summed E-state index contributed by atoms with van der Waals surface area (Å²) in [6.45, 7) is 2.38. The van der Waals surface area contributed by atoms with Crippen molar-refractivity contribution >= 4 is 23.7 Å². The number of nitrogens with one attached hydrogen (secondary N) is 1. The number of benzene rings is 3. The lowest BCUT2D eigenvalue weighted by molar-refractivity contribution is 0.0955. The molecule has 0 radical (unpaired) electrons. The van der Waals surface area contributed by atoms with Gasteiger partial charge in [0.1, 0.15) is 12.4 Å². The van der Waals surface area contributed by atoms with Crippen molar-refractivity contribution in [2.24, 2.45) is 5.10 Å². The molecule has 3 aromatic rings. The van der Waals surface area contributed by atoms with E-state index in [2.05, 4.69) is 10.5 Å². The molecule has 0 spiro atoms. The first-order valence-corrected chi connectivity index (χ1v) is 8.86. The van der Waals surface area contributed by atoms with Crippen molar-refractivity contribution in [2.75, 3.05) is 0 Å². The van der Waals surface area contributed by atoms with Crippen molar-refractivity contribution in [1.29, 1.82) is 0 Å². The molecule has 1 amide bonds. The fourth-order valence-corrected chi connectivity index (χ4v) is 2.55. The minimum absolute atomic E-state index is 0.244. The Bertz CT molecular complexity index is 935. The fraction of sp³-hybridized carbons (Fsp3) is 0.0909. The lowest BCUT2D eigenvalue weighted by Crippen LogP contribution is -2.17. The van der Waals surface area contributed by atoms with E-state index in [1.54, 1.807) is 18.3 Å². The van der Waals surface area contributed by atoms with Crippen LogP contribution in [0.5, 0.6) is 5.75 Å². The first kappa shape index (κ1) is 18.7. The van der Waals surface area contributed by atoms with E-state index in [-0.39, 0.29) is 5.91 Å². The number of aryl methyl sites for hydroxylation is 1. The number of hydrogen-bond acceptors (Lipinski definition) is 3. The molecule has 5 heteroatoms. The Labute approximate surface area is 163 Å². The van der Waals surface area contributed by atoms with Crippen molar-refractivity contribution in [3.05, 3.63) is 100 Å². The molecule has 0 atom stereocenters. The van der Waals surface area contributed by atoms with Crippen LogP contribution in [0.15, 0.2) is 77.9 Å². The van der Waals surface area contributed by atoms with E-state index in [9.17, 15) is 4.79 Å². The summed E-state index contributed by atoms with van der Waals surface area (Å²) in [7, 11) is 0. The first-order valence-electron chi connectivity index (χ1n) is 8.48. The third kappa shape index (κ3) is 5.43. The lowest BCUT2D eigenvalue weighted by Gasteiger charge is -2.07. The standard InChI is InChI=1S/C22H19ClN2O2/c1-16-6-10-18(11-7-16)22(26)25-24-14-17-8-12-20(13-9-17)27-15-19-4-2-3-5-21(19)23/h2-14H,15H2,1H3,(H,25,26)/b24-14-. The predicted octanol–water partition coefficient (Wildman–Crippen LogP) is 4.99. The van der Waals surface area contributed by atoms with Crippen molar-refractivity contribution in [1.82, 2.24) is 5.43 Å². The Kier molecular flexibility index (Phi) is 6.23. The number of hydrogen-bond donors (Lipinski definition) is 1. The van der Waals surface area contributed by atoms with Crippen LogP contribution in [-0.4, -0.2) is 12.1 Å². The molecule has 4 nitrogen and oxygen atoms in total. The highest BCUT2D eigenvalue weighted by molar-refractivity contribution is 6.31. The number of carbonyl (C=O) groups excluding carboxylic acids is 1. The number of rotatable bonds is 6. The van der Waals surface area contributed by atoms with Gasteiger partial charge in [-0.2, -0.15) is 5.10 Å². The van der Waals surface area contributed by atoms with Gasteiger partial charge in [-0.15, -0.1) is 0 Å². The number of amides is 1. The molecule has 0 fully saturated rings. The molecule has 0 aromatic heterocycles. The van der Waals surface area contributed by atoms with Gasteiger partial charge in [-0.05, 0) is 55.0 Å². The molecule has 0 aliphatic carbocycles. The molecular weight excluding hydrogens is 360 g/mol. The van der Waals surface area contributed by atoms with Gasteiger partial charge in [0.05, 0.1) is 6.21 Å². The molecule has 0 saturated carbocycles. The number of ether oxygens (including phenoxy) is 1. The summed E-state index contributed by atoms with van der Waals surface area (Å²) in [5.41, 5.74) is 5.98. The summed E-state index contributed by atoms with van der Waals surface area (Å²) in [5.74, 6) is 0.488. The van der Waals surface area contributed by atoms with Crippen molar-refractivity contribution in [3.63, 3.8) is 0 Å². The van der Waals surface area contributed by atoms with E-state index < -0.39 is 0 Å². The molecule has 3 aromatic carbocycles. The zero-order valence-electron chi connectivity index (χ0n) is 14.9. The molecule has 0 aliphatic heterocycles. The van der Waals surface area contributed by atoms with E-state index in [0.29, 0.717) is 17.2 Å². The van der Waals surface area contributed by atoms with Crippen LogP contribution in [0.4, 0.5) is 0 Å². The van der Waals surface area contributed by atoms with Crippen molar-refractivity contribution < 1.29 is 9.53 Å². The second-order valence-electron chi connectivity index (χ2n) is 6.01. The molecule has 0 bridgehead atoms. The van der Waals surface area contributed by atoms with Crippen LogP contribution in [0, 0.1) is 6.92 Å². The van der Waals surface area contributed by atoms with Crippen molar-refractivity contribution in [3.8, 4) is 5.75 Å². The molecule has 0 saturated heterocycles. The zero-order chi connectivity index (χ0) is 19.1. The van der Waals surface area contributed by atoms with Gasteiger partial charge in [-0.25, -0.2) is 5.43 Å². The quantitative estimate of drug-likeness (QED) is 0.485. The van der Waals surface area contributed by atoms with E-state index in [1.165, 1.54) is 0 Å². The number of carbonyl (C=O) groups is 1. The normalized spacial score (nSPS) is 10.7. The van der Waals surface area contributed by atoms with Gasteiger partial charge in [0, 0.05) is 16.1 Å². The van der Waals surface area contributed by atoms with Crippen LogP contribution < -0.4 is 10.2 Å². The largest absolute Gasteiger partial charge is 0.489 e. The van der Waals surface area contributed by atoms with Crippen LogP contribution in [0.1, 0.15) is 27.0 Å². The molecular formula is C22H19ClN2O2. The topological polar surface area (TPSA) is 50.7 Å². The highest BCUT2D eigenvalue weighted by Gasteiger charge is 2.03. The molecule has 1 N–H and O–H groups in total. The second-order valence-corrected chi connectivity index (χ2v) is 6.42. The van der Waals surface area contributed by atoms with E-state index in [1.807, 2.05) is 67.6 Å². The van der Waals surface area contributed by atoms with Gasteiger partial charge >= 0.3 is 0 Å². The van der Waals surface area contributed by atoms with Crippen LogP contribution in [-0.2, 0) is 6.61 Å². The monoisotopic (exact) mass is 378 g/mol. The summed E-state index contributed by atoms with van der Waals surface area (Å²) in [5, 5.41) is 4.68. The third-order valence-corrected chi connectivity index (χ3v) is 4.29. The van der Waals surface area contributed by atoms with Gasteiger partial charge in [0.15, 0.2) is 0 Å². The summed E-state index contributed by atoms with van der Waals surface area (Å²) >= 11 is 6.12. The summed E-state index contributed by atoms with van der Waals surface area (Å²) in [6, 6.07) is 22.3. The molecule has 27 heavy (non-hydrogen) atoms. The van der Waals surface area contributed by atoms with E-state index >= 15 is 0 Å². The van der Waals surface area contributed by atoms with Crippen LogP contribution in [0.25, 0.3) is 0 Å². The Morgan fingerprint density at radius 1 is 1.04 bits per heavy atom. The Hall–Kier alpha value is -3.11. The molecule has 3 rings (SSSR count). The summed E-state index contributed by atoms with van der Waals surface area (Å²) in [6.07, 6.45) is 1.59. The van der Waals surface area contributed by atoms with Gasteiger partial charge in [0.2, 0.25) is 0 Å². The number of nitrogens with zero attached hydrogens (tertiary/aromatic N) is 1.